The Morgan fingerprint density at radius 3 is 2.03 bits per heavy atom. The summed E-state index contributed by atoms with van der Waals surface area (Å²) < 4.78 is 10.8. The summed E-state index contributed by atoms with van der Waals surface area (Å²) >= 11 is 0. The molecule has 5 fully saturated rings. The molecule has 5 aliphatic rings. The van der Waals surface area contributed by atoms with Gasteiger partial charge in [-0.25, -0.2) is 0 Å². The molecule has 2 aromatic carbocycles. The van der Waals surface area contributed by atoms with Crippen LogP contribution in [0.3, 0.4) is 0 Å². The van der Waals surface area contributed by atoms with Gasteiger partial charge in [0.15, 0.2) is 0 Å². The van der Waals surface area contributed by atoms with Crippen LogP contribution in [0.4, 0.5) is 0 Å². The maximum atomic E-state index is 11.8. The SMILES string of the molecule is COC(=O)C1CC1c1ccc(-c2ccc(OC)c(C34CC5CC(CC(C5)C3)C4)c2)cc1. The van der Waals surface area contributed by atoms with Gasteiger partial charge < -0.3 is 9.47 Å². The molecule has 0 N–H and O–H groups in total. The molecule has 2 aromatic rings. The van der Waals surface area contributed by atoms with E-state index in [9.17, 15) is 4.79 Å². The fraction of sp³-hybridized carbons (Fsp3) is 0.536. The molecule has 0 heterocycles. The highest BCUT2D eigenvalue weighted by Gasteiger charge is 2.52. The van der Waals surface area contributed by atoms with Crippen molar-refractivity contribution in [1.82, 2.24) is 0 Å². The Hall–Kier alpha value is -2.29. The summed E-state index contributed by atoms with van der Waals surface area (Å²) in [7, 11) is 3.30. The van der Waals surface area contributed by atoms with Gasteiger partial charge in [0, 0.05) is 5.56 Å². The van der Waals surface area contributed by atoms with Gasteiger partial charge in [0.05, 0.1) is 20.1 Å². The largest absolute Gasteiger partial charge is 0.496 e. The van der Waals surface area contributed by atoms with Crippen LogP contribution in [0.25, 0.3) is 11.1 Å². The molecule has 162 valence electrons. The third kappa shape index (κ3) is 3.20. The average molecular weight is 417 g/mol. The Bertz CT molecular complexity index is 970. The van der Waals surface area contributed by atoms with Crippen LogP contribution in [0.2, 0.25) is 0 Å². The average Bonchev–Trinajstić information content (AvgIpc) is 3.58. The first-order valence-corrected chi connectivity index (χ1v) is 12.0. The smallest absolute Gasteiger partial charge is 0.309 e. The van der Waals surface area contributed by atoms with Crippen molar-refractivity contribution in [1.29, 1.82) is 0 Å². The number of benzene rings is 2. The van der Waals surface area contributed by atoms with Crippen LogP contribution in [0.1, 0.15) is 62.0 Å². The Morgan fingerprint density at radius 1 is 0.839 bits per heavy atom. The molecular formula is C28H32O3. The van der Waals surface area contributed by atoms with Crippen LogP contribution in [-0.2, 0) is 14.9 Å². The first-order valence-electron chi connectivity index (χ1n) is 12.0. The topological polar surface area (TPSA) is 35.5 Å². The number of esters is 1. The first-order chi connectivity index (χ1) is 15.1. The highest BCUT2D eigenvalue weighted by molar-refractivity contribution is 5.77. The van der Waals surface area contributed by atoms with Gasteiger partial charge in [-0.3, -0.25) is 4.79 Å². The molecule has 0 saturated heterocycles. The lowest BCUT2D eigenvalue weighted by atomic mass is 9.48. The quantitative estimate of drug-likeness (QED) is 0.552. The van der Waals surface area contributed by atoms with E-state index in [1.165, 1.54) is 67.9 Å². The normalized spacial score (nSPS) is 35.1. The van der Waals surface area contributed by atoms with E-state index in [4.69, 9.17) is 9.47 Å². The lowest BCUT2D eigenvalue weighted by Crippen LogP contribution is -2.48. The summed E-state index contributed by atoms with van der Waals surface area (Å²) in [5, 5.41) is 0. The summed E-state index contributed by atoms with van der Waals surface area (Å²) in [6, 6.07) is 15.6. The van der Waals surface area contributed by atoms with Crippen molar-refractivity contribution in [2.75, 3.05) is 14.2 Å². The van der Waals surface area contributed by atoms with Gasteiger partial charge in [0.25, 0.3) is 0 Å². The van der Waals surface area contributed by atoms with Gasteiger partial charge >= 0.3 is 5.97 Å². The van der Waals surface area contributed by atoms with E-state index in [1.807, 2.05) is 7.11 Å². The fourth-order valence-electron chi connectivity index (χ4n) is 7.64. The van der Waals surface area contributed by atoms with E-state index in [2.05, 4.69) is 42.5 Å². The van der Waals surface area contributed by atoms with Crippen molar-refractivity contribution in [3.63, 3.8) is 0 Å². The van der Waals surface area contributed by atoms with Crippen LogP contribution in [0, 0.1) is 23.7 Å². The van der Waals surface area contributed by atoms with Crippen LogP contribution >= 0.6 is 0 Å². The number of carbonyl (C=O) groups excluding carboxylic acids is 1. The van der Waals surface area contributed by atoms with E-state index in [0.29, 0.717) is 11.3 Å². The minimum Gasteiger partial charge on any atom is -0.496 e. The first kappa shape index (κ1) is 19.4. The zero-order valence-electron chi connectivity index (χ0n) is 18.6. The van der Waals surface area contributed by atoms with Crippen LogP contribution < -0.4 is 4.74 Å². The molecule has 2 unspecified atom stereocenters. The van der Waals surface area contributed by atoms with Gasteiger partial charge in [0.2, 0.25) is 0 Å². The molecule has 5 aliphatic carbocycles. The van der Waals surface area contributed by atoms with Crippen molar-refractivity contribution in [2.45, 2.75) is 56.3 Å². The van der Waals surface area contributed by atoms with Gasteiger partial charge in [-0.15, -0.1) is 0 Å². The van der Waals surface area contributed by atoms with Crippen LogP contribution in [-0.4, -0.2) is 20.2 Å². The second-order valence-electron chi connectivity index (χ2n) is 10.7. The zero-order chi connectivity index (χ0) is 21.2. The molecule has 4 bridgehead atoms. The van der Waals surface area contributed by atoms with E-state index >= 15 is 0 Å². The van der Waals surface area contributed by atoms with Crippen molar-refractivity contribution in [3.05, 3.63) is 53.6 Å². The van der Waals surface area contributed by atoms with Crippen molar-refractivity contribution < 1.29 is 14.3 Å². The lowest BCUT2D eigenvalue weighted by Gasteiger charge is -2.57. The summed E-state index contributed by atoms with van der Waals surface area (Å²) in [6.07, 6.45) is 9.30. The monoisotopic (exact) mass is 416 g/mol. The standard InChI is InChI=1S/C28H32O3/c1-30-26-8-7-22(20-3-5-21(6-4-20)23-13-24(23)27(29)31-2)12-25(26)28-14-17-9-18(15-28)11-19(10-17)16-28/h3-8,12,17-19,23-24H,9-11,13-16H2,1-2H3. The predicted octanol–water partition coefficient (Wildman–Crippen LogP) is 6.11. The summed E-state index contributed by atoms with van der Waals surface area (Å²) in [6.45, 7) is 0. The Morgan fingerprint density at radius 2 is 1.45 bits per heavy atom. The maximum absolute atomic E-state index is 11.8. The molecule has 0 spiro atoms. The molecule has 7 rings (SSSR count). The predicted molar refractivity (Wildman–Crippen MR) is 121 cm³/mol. The third-order valence-electron chi connectivity index (χ3n) is 8.78. The molecule has 0 amide bonds. The molecular weight excluding hydrogens is 384 g/mol. The second kappa shape index (κ2) is 7.12. The highest BCUT2D eigenvalue weighted by Crippen LogP contribution is 2.62. The van der Waals surface area contributed by atoms with Crippen molar-refractivity contribution in [3.8, 4) is 16.9 Å². The second-order valence-corrected chi connectivity index (χ2v) is 10.7. The Labute approximate surface area is 185 Å². The molecule has 0 radical (unpaired) electrons. The van der Waals surface area contributed by atoms with E-state index in [1.54, 1.807) is 0 Å². The lowest BCUT2D eigenvalue weighted by molar-refractivity contribution is -0.142. The van der Waals surface area contributed by atoms with E-state index in [0.717, 1.165) is 29.9 Å². The number of hydrogen-bond acceptors (Lipinski definition) is 3. The van der Waals surface area contributed by atoms with Gasteiger partial charge in [-0.1, -0.05) is 30.3 Å². The number of hydrogen-bond donors (Lipinski definition) is 0. The molecule has 0 aromatic heterocycles. The van der Waals surface area contributed by atoms with Crippen molar-refractivity contribution >= 4 is 5.97 Å². The van der Waals surface area contributed by atoms with Gasteiger partial charge in [0.1, 0.15) is 5.75 Å². The molecule has 31 heavy (non-hydrogen) atoms. The highest BCUT2D eigenvalue weighted by atomic mass is 16.5. The maximum Gasteiger partial charge on any atom is 0.309 e. The minimum atomic E-state index is -0.0792. The molecule has 0 aliphatic heterocycles. The third-order valence-corrected chi connectivity index (χ3v) is 8.78. The molecule has 3 heteroatoms. The van der Waals surface area contributed by atoms with E-state index in [-0.39, 0.29) is 11.9 Å². The summed E-state index contributed by atoms with van der Waals surface area (Å²) in [4.78, 5) is 11.8. The van der Waals surface area contributed by atoms with Gasteiger partial charge in [-0.05, 0) is 103 Å². The zero-order valence-corrected chi connectivity index (χ0v) is 18.6. The number of carbonyl (C=O) groups is 1. The molecule has 3 nitrogen and oxygen atoms in total. The fourth-order valence-corrected chi connectivity index (χ4v) is 7.64. The summed E-state index contributed by atoms with van der Waals surface area (Å²) in [5.74, 6) is 4.10. The van der Waals surface area contributed by atoms with Crippen LogP contribution in [0.5, 0.6) is 5.75 Å². The van der Waals surface area contributed by atoms with Crippen molar-refractivity contribution in [2.24, 2.45) is 23.7 Å². The number of ether oxygens (including phenoxy) is 2. The molecule has 2 atom stereocenters. The molecule has 5 saturated carbocycles. The Balaban J connectivity index is 1.30. The van der Waals surface area contributed by atoms with E-state index < -0.39 is 0 Å². The Kier molecular flexibility index (Phi) is 4.45. The van der Waals surface area contributed by atoms with Gasteiger partial charge in [-0.2, -0.15) is 0 Å². The van der Waals surface area contributed by atoms with Crippen LogP contribution in [0.15, 0.2) is 42.5 Å². The number of methoxy groups -OCH3 is 2. The summed E-state index contributed by atoms with van der Waals surface area (Å²) in [5.41, 5.74) is 5.53. The number of rotatable bonds is 5. The minimum absolute atomic E-state index is 0.0412.